The third-order valence-corrected chi connectivity index (χ3v) is 2.59. The molecule has 0 fully saturated rings. The second-order valence-corrected chi connectivity index (χ2v) is 3.73. The molecular weight excluding hydrogens is 206 g/mol. The second-order valence-electron chi connectivity index (χ2n) is 3.73. The summed E-state index contributed by atoms with van der Waals surface area (Å²) in [6.45, 7) is 0.451. The zero-order valence-corrected chi connectivity index (χ0v) is 8.77. The molecule has 0 spiro atoms. The van der Waals surface area contributed by atoms with Crippen molar-refractivity contribution in [3.05, 3.63) is 30.4 Å². The zero-order chi connectivity index (χ0) is 11.1. The molecule has 0 aromatic carbocycles. The standard InChI is InChI=1S/C10H11N5O/c1-14-4-8(3-12-14)7-2-9-10(16)11-6-13-15(9)5-7/h2-5,13H,6H2,1H3,(H,11,16). The van der Waals surface area contributed by atoms with Gasteiger partial charge < -0.3 is 10.7 Å². The van der Waals surface area contributed by atoms with Crippen molar-refractivity contribution in [3.8, 4) is 11.1 Å². The van der Waals surface area contributed by atoms with Crippen LogP contribution in [0.3, 0.4) is 0 Å². The van der Waals surface area contributed by atoms with Gasteiger partial charge in [-0.05, 0) is 6.07 Å². The second kappa shape index (κ2) is 3.13. The molecule has 0 unspecified atom stereocenters. The van der Waals surface area contributed by atoms with E-state index in [2.05, 4.69) is 15.8 Å². The number of aromatic nitrogens is 3. The van der Waals surface area contributed by atoms with Crippen molar-refractivity contribution in [2.75, 3.05) is 12.1 Å². The van der Waals surface area contributed by atoms with Crippen LogP contribution in [-0.4, -0.2) is 27.0 Å². The van der Waals surface area contributed by atoms with Gasteiger partial charge in [0.15, 0.2) is 0 Å². The number of amides is 1. The number of hydrogen-bond donors (Lipinski definition) is 2. The van der Waals surface area contributed by atoms with Crippen molar-refractivity contribution in [2.45, 2.75) is 0 Å². The lowest BCUT2D eigenvalue weighted by Gasteiger charge is -2.17. The van der Waals surface area contributed by atoms with Crippen molar-refractivity contribution in [2.24, 2.45) is 7.05 Å². The molecule has 16 heavy (non-hydrogen) atoms. The molecule has 0 bridgehead atoms. The Balaban J connectivity index is 2.07. The van der Waals surface area contributed by atoms with Gasteiger partial charge in [-0.2, -0.15) is 5.10 Å². The van der Waals surface area contributed by atoms with Gasteiger partial charge in [-0.25, -0.2) is 0 Å². The van der Waals surface area contributed by atoms with Gasteiger partial charge in [0.2, 0.25) is 0 Å². The van der Waals surface area contributed by atoms with Crippen LogP contribution >= 0.6 is 0 Å². The van der Waals surface area contributed by atoms with Crippen molar-refractivity contribution >= 4 is 5.91 Å². The van der Waals surface area contributed by atoms with Crippen LogP contribution in [0.25, 0.3) is 11.1 Å². The molecule has 2 N–H and O–H groups in total. The molecule has 6 heteroatoms. The zero-order valence-electron chi connectivity index (χ0n) is 8.77. The van der Waals surface area contributed by atoms with Gasteiger partial charge in [0.25, 0.3) is 5.91 Å². The molecule has 82 valence electrons. The normalized spacial score (nSPS) is 14.2. The first kappa shape index (κ1) is 9.02. The predicted octanol–water partition coefficient (Wildman–Crippen LogP) is 0.133. The lowest BCUT2D eigenvalue weighted by atomic mass is 10.2. The summed E-state index contributed by atoms with van der Waals surface area (Å²) in [7, 11) is 1.87. The Bertz CT molecular complexity index is 553. The van der Waals surface area contributed by atoms with Gasteiger partial charge >= 0.3 is 0 Å². The molecule has 2 aromatic heterocycles. The molecule has 6 nitrogen and oxygen atoms in total. The van der Waals surface area contributed by atoms with Gasteiger partial charge in [0, 0.05) is 30.6 Å². The number of rotatable bonds is 1. The van der Waals surface area contributed by atoms with E-state index in [0.717, 1.165) is 11.1 Å². The highest BCUT2D eigenvalue weighted by Gasteiger charge is 2.18. The Morgan fingerprint density at radius 2 is 2.25 bits per heavy atom. The summed E-state index contributed by atoms with van der Waals surface area (Å²) in [5.41, 5.74) is 5.64. The summed E-state index contributed by atoms with van der Waals surface area (Å²) < 4.78 is 3.47. The quantitative estimate of drug-likeness (QED) is 0.713. The molecule has 3 heterocycles. The van der Waals surface area contributed by atoms with Crippen LogP contribution in [0.15, 0.2) is 24.7 Å². The maximum Gasteiger partial charge on any atom is 0.271 e. The van der Waals surface area contributed by atoms with Crippen LogP contribution in [0.1, 0.15) is 10.5 Å². The van der Waals surface area contributed by atoms with Crippen LogP contribution in [0.2, 0.25) is 0 Å². The predicted molar refractivity (Wildman–Crippen MR) is 58.3 cm³/mol. The monoisotopic (exact) mass is 217 g/mol. The molecule has 0 radical (unpaired) electrons. The van der Waals surface area contributed by atoms with Crippen LogP contribution in [-0.2, 0) is 7.05 Å². The summed E-state index contributed by atoms with van der Waals surface area (Å²) in [6.07, 6.45) is 5.59. The minimum Gasteiger partial charge on any atom is -0.332 e. The van der Waals surface area contributed by atoms with Gasteiger partial charge in [-0.3, -0.25) is 14.2 Å². The highest BCUT2D eigenvalue weighted by atomic mass is 16.2. The van der Waals surface area contributed by atoms with E-state index >= 15 is 0 Å². The van der Waals surface area contributed by atoms with E-state index in [1.807, 2.05) is 25.5 Å². The minimum absolute atomic E-state index is 0.0612. The smallest absolute Gasteiger partial charge is 0.271 e. The fourth-order valence-corrected chi connectivity index (χ4v) is 1.79. The number of hydrogen-bond acceptors (Lipinski definition) is 3. The SMILES string of the molecule is Cn1cc(-c2cc3n(c2)NCNC3=O)cn1. The van der Waals surface area contributed by atoms with Crippen molar-refractivity contribution in [1.29, 1.82) is 0 Å². The summed E-state index contributed by atoms with van der Waals surface area (Å²) >= 11 is 0. The average molecular weight is 217 g/mol. The fourth-order valence-electron chi connectivity index (χ4n) is 1.79. The Labute approximate surface area is 91.8 Å². The Hall–Kier alpha value is -2.24. The Kier molecular flexibility index (Phi) is 1.76. The molecule has 0 aliphatic carbocycles. The maximum atomic E-state index is 11.5. The first-order chi connectivity index (χ1) is 7.74. The third-order valence-electron chi connectivity index (χ3n) is 2.59. The third kappa shape index (κ3) is 1.27. The first-order valence-corrected chi connectivity index (χ1v) is 4.97. The van der Waals surface area contributed by atoms with E-state index in [4.69, 9.17) is 0 Å². The molecular formula is C10H11N5O. The van der Waals surface area contributed by atoms with Crippen molar-refractivity contribution < 1.29 is 4.79 Å². The molecule has 1 aliphatic heterocycles. The summed E-state index contributed by atoms with van der Waals surface area (Å²) in [5.74, 6) is -0.0612. The summed E-state index contributed by atoms with van der Waals surface area (Å²) in [4.78, 5) is 11.5. The van der Waals surface area contributed by atoms with E-state index in [0.29, 0.717) is 12.4 Å². The molecule has 2 aromatic rings. The Morgan fingerprint density at radius 1 is 1.38 bits per heavy atom. The van der Waals surface area contributed by atoms with Gasteiger partial charge in [-0.15, -0.1) is 0 Å². The van der Waals surface area contributed by atoms with E-state index < -0.39 is 0 Å². The molecule has 1 amide bonds. The molecule has 3 rings (SSSR count). The van der Waals surface area contributed by atoms with Crippen LogP contribution in [0.5, 0.6) is 0 Å². The van der Waals surface area contributed by atoms with Crippen LogP contribution in [0.4, 0.5) is 0 Å². The van der Waals surface area contributed by atoms with E-state index in [1.165, 1.54) is 0 Å². The summed E-state index contributed by atoms with van der Waals surface area (Å²) in [6, 6.07) is 1.85. The highest BCUT2D eigenvalue weighted by molar-refractivity contribution is 5.95. The lowest BCUT2D eigenvalue weighted by Crippen LogP contribution is -2.40. The van der Waals surface area contributed by atoms with E-state index in [-0.39, 0.29) is 5.91 Å². The van der Waals surface area contributed by atoms with Crippen molar-refractivity contribution in [3.63, 3.8) is 0 Å². The highest BCUT2D eigenvalue weighted by Crippen LogP contribution is 2.21. The number of carbonyl (C=O) groups excluding carboxylic acids is 1. The van der Waals surface area contributed by atoms with Crippen molar-refractivity contribution in [1.82, 2.24) is 19.8 Å². The molecule has 0 atom stereocenters. The molecule has 1 aliphatic rings. The Morgan fingerprint density at radius 3 is 2.94 bits per heavy atom. The first-order valence-electron chi connectivity index (χ1n) is 4.97. The number of nitrogens with one attached hydrogen (secondary N) is 2. The van der Waals surface area contributed by atoms with Gasteiger partial charge in [-0.1, -0.05) is 0 Å². The van der Waals surface area contributed by atoms with E-state index in [1.54, 1.807) is 15.6 Å². The summed E-state index contributed by atoms with van der Waals surface area (Å²) in [5, 5.41) is 6.82. The lowest BCUT2D eigenvalue weighted by molar-refractivity contribution is 0.0936. The number of fused-ring (bicyclic) bond motifs is 1. The maximum absolute atomic E-state index is 11.5. The topological polar surface area (TPSA) is 63.9 Å². The van der Waals surface area contributed by atoms with Gasteiger partial charge in [0.05, 0.1) is 6.20 Å². The molecule has 0 saturated heterocycles. The largest absolute Gasteiger partial charge is 0.332 e. The number of carbonyl (C=O) groups is 1. The van der Waals surface area contributed by atoms with E-state index in [9.17, 15) is 4.79 Å². The minimum atomic E-state index is -0.0612. The fraction of sp³-hybridized carbons (Fsp3) is 0.200. The average Bonchev–Trinajstić information content (AvgIpc) is 2.84. The van der Waals surface area contributed by atoms with Crippen LogP contribution < -0.4 is 10.7 Å². The molecule has 0 saturated carbocycles. The van der Waals surface area contributed by atoms with Crippen LogP contribution in [0, 0.1) is 0 Å². The number of nitrogens with zero attached hydrogens (tertiary/aromatic N) is 3. The van der Waals surface area contributed by atoms with Gasteiger partial charge in [0.1, 0.15) is 12.4 Å². The number of aryl methyl sites for hydroxylation is 1.